The molecule has 0 saturated carbocycles. The molecule has 2 unspecified atom stereocenters. The summed E-state index contributed by atoms with van der Waals surface area (Å²) >= 11 is 0. The highest BCUT2D eigenvalue weighted by Crippen LogP contribution is 2.22. The van der Waals surface area contributed by atoms with Crippen LogP contribution in [0.1, 0.15) is 58.8 Å². The van der Waals surface area contributed by atoms with Crippen molar-refractivity contribution in [3.63, 3.8) is 0 Å². The molecule has 0 radical (unpaired) electrons. The van der Waals surface area contributed by atoms with E-state index in [0.29, 0.717) is 6.10 Å². The largest absolute Gasteiger partial charge is 0.390 e. The Balaban J connectivity index is 2.02. The first-order valence-corrected chi connectivity index (χ1v) is 7.19. The molecule has 3 heteroatoms. The fraction of sp³-hybridized carbons (Fsp3) is 1.00. The molecule has 0 aromatic heterocycles. The lowest BCUT2D eigenvalue weighted by Gasteiger charge is -2.24. The topological polar surface area (TPSA) is 41.5 Å². The van der Waals surface area contributed by atoms with E-state index in [1.165, 1.54) is 12.8 Å². The number of nitrogens with one attached hydrogen (secondary N) is 1. The van der Waals surface area contributed by atoms with Gasteiger partial charge in [0.25, 0.3) is 0 Å². The predicted molar refractivity (Wildman–Crippen MR) is 71.2 cm³/mol. The fourth-order valence-electron chi connectivity index (χ4n) is 2.37. The molecule has 2 atom stereocenters. The van der Waals surface area contributed by atoms with Gasteiger partial charge in [0.1, 0.15) is 0 Å². The quantitative estimate of drug-likeness (QED) is 0.611. The molecule has 0 amide bonds. The average molecular weight is 243 g/mol. The van der Waals surface area contributed by atoms with Gasteiger partial charge in [-0.3, -0.25) is 0 Å². The van der Waals surface area contributed by atoms with E-state index in [4.69, 9.17) is 4.74 Å². The molecule has 0 spiro atoms. The zero-order chi connectivity index (χ0) is 12.6. The van der Waals surface area contributed by atoms with Crippen molar-refractivity contribution in [2.24, 2.45) is 0 Å². The molecular formula is C14H29NO2. The van der Waals surface area contributed by atoms with Crippen LogP contribution in [0.3, 0.4) is 0 Å². The first-order valence-electron chi connectivity index (χ1n) is 7.19. The molecule has 0 bridgehead atoms. The van der Waals surface area contributed by atoms with Crippen molar-refractivity contribution in [2.75, 3.05) is 19.7 Å². The van der Waals surface area contributed by atoms with Crippen LogP contribution in [0, 0.1) is 0 Å². The molecule has 1 aliphatic rings. The van der Waals surface area contributed by atoms with Gasteiger partial charge in [0.05, 0.1) is 11.7 Å². The van der Waals surface area contributed by atoms with Crippen LogP contribution < -0.4 is 5.32 Å². The van der Waals surface area contributed by atoms with Gasteiger partial charge in [-0.1, -0.05) is 6.92 Å². The Labute approximate surface area is 106 Å². The first-order chi connectivity index (χ1) is 8.14. The van der Waals surface area contributed by atoms with Crippen LogP contribution in [0.5, 0.6) is 0 Å². The maximum absolute atomic E-state index is 10.2. The molecule has 1 aliphatic heterocycles. The van der Waals surface area contributed by atoms with Gasteiger partial charge < -0.3 is 15.2 Å². The maximum atomic E-state index is 10.2. The van der Waals surface area contributed by atoms with Crippen molar-refractivity contribution in [3.8, 4) is 0 Å². The fourth-order valence-corrected chi connectivity index (χ4v) is 2.37. The summed E-state index contributed by atoms with van der Waals surface area (Å²) in [5.41, 5.74) is -0.515. The van der Waals surface area contributed by atoms with E-state index in [9.17, 15) is 5.11 Å². The minimum Gasteiger partial charge on any atom is -0.390 e. The molecule has 0 aromatic carbocycles. The van der Waals surface area contributed by atoms with Crippen molar-refractivity contribution in [2.45, 2.75) is 70.5 Å². The molecule has 2 N–H and O–H groups in total. The molecule has 1 rings (SSSR count). The summed E-state index contributed by atoms with van der Waals surface area (Å²) in [6, 6.07) is 0. The van der Waals surface area contributed by atoms with Gasteiger partial charge in [0.2, 0.25) is 0 Å². The highest BCUT2D eigenvalue weighted by Gasteiger charge is 2.21. The van der Waals surface area contributed by atoms with E-state index in [2.05, 4.69) is 12.2 Å². The number of hydrogen-bond donors (Lipinski definition) is 2. The Morgan fingerprint density at radius 3 is 2.82 bits per heavy atom. The Hall–Kier alpha value is -0.120. The van der Waals surface area contributed by atoms with Gasteiger partial charge in [0, 0.05) is 6.61 Å². The monoisotopic (exact) mass is 243 g/mol. The normalized spacial score (nSPS) is 23.8. The van der Waals surface area contributed by atoms with Crippen LogP contribution in [0.25, 0.3) is 0 Å². The van der Waals surface area contributed by atoms with Crippen LogP contribution in [0.2, 0.25) is 0 Å². The third-order valence-corrected chi connectivity index (χ3v) is 3.53. The Kier molecular flexibility index (Phi) is 7.09. The first kappa shape index (κ1) is 14.9. The highest BCUT2D eigenvalue weighted by molar-refractivity contribution is 4.75. The van der Waals surface area contributed by atoms with Gasteiger partial charge >= 0.3 is 0 Å². The van der Waals surface area contributed by atoms with Crippen LogP contribution in [-0.2, 0) is 4.74 Å². The standard InChI is InChI=1S/C14H29NO2/c1-3-10-15-11-9-14(2,16)8-4-6-13-7-5-12-17-13/h13,15-16H,3-12H2,1-2H3. The molecule has 0 aromatic rings. The lowest BCUT2D eigenvalue weighted by molar-refractivity contribution is 0.0330. The zero-order valence-electron chi connectivity index (χ0n) is 11.5. The number of hydrogen-bond acceptors (Lipinski definition) is 3. The minimum absolute atomic E-state index is 0.462. The molecule has 102 valence electrons. The smallest absolute Gasteiger partial charge is 0.0631 e. The van der Waals surface area contributed by atoms with Crippen LogP contribution in [0.15, 0.2) is 0 Å². The Morgan fingerprint density at radius 2 is 2.18 bits per heavy atom. The van der Waals surface area contributed by atoms with E-state index < -0.39 is 5.60 Å². The molecule has 1 saturated heterocycles. The zero-order valence-corrected chi connectivity index (χ0v) is 11.5. The summed E-state index contributed by atoms with van der Waals surface area (Å²) < 4.78 is 5.59. The van der Waals surface area contributed by atoms with Crippen molar-refractivity contribution in [1.82, 2.24) is 5.32 Å². The van der Waals surface area contributed by atoms with Crippen molar-refractivity contribution in [1.29, 1.82) is 0 Å². The lowest BCUT2D eigenvalue weighted by atomic mass is 9.94. The third kappa shape index (κ3) is 7.02. The van der Waals surface area contributed by atoms with Gasteiger partial charge in [-0.05, 0) is 65.0 Å². The lowest BCUT2D eigenvalue weighted by Crippen LogP contribution is -2.30. The SMILES string of the molecule is CCCNCCC(C)(O)CCCC1CCCO1. The summed E-state index contributed by atoms with van der Waals surface area (Å²) in [5, 5.41) is 13.5. The summed E-state index contributed by atoms with van der Waals surface area (Å²) in [4.78, 5) is 0. The second-order valence-electron chi connectivity index (χ2n) is 5.52. The van der Waals surface area contributed by atoms with E-state index >= 15 is 0 Å². The van der Waals surface area contributed by atoms with Gasteiger partial charge in [-0.15, -0.1) is 0 Å². The Bertz CT molecular complexity index is 189. The van der Waals surface area contributed by atoms with E-state index in [1.54, 1.807) is 0 Å². The van der Waals surface area contributed by atoms with Crippen molar-refractivity contribution < 1.29 is 9.84 Å². The number of rotatable bonds is 9. The van der Waals surface area contributed by atoms with E-state index in [1.807, 2.05) is 6.92 Å². The summed E-state index contributed by atoms with van der Waals surface area (Å²) in [6.45, 7) is 7.01. The highest BCUT2D eigenvalue weighted by atomic mass is 16.5. The maximum Gasteiger partial charge on any atom is 0.0631 e. The molecule has 3 nitrogen and oxygen atoms in total. The van der Waals surface area contributed by atoms with Crippen molar-refractivity contribution >= 4 is 0 Å². The molecule has 0 aliphatic carbocycles. The third-order valence-electron chi connectivity index (χ3n) is 3.53. The Morgan fingerprint density at radius 1 is 1.35 bits per heavy atom. The van der Waals surface area contributed by atoms with Crippen LogP contribution in [0.4, 0.5) is 0 Å². The summed E-state index contributed by atoms with van der Waals surface area (Å²) in [6.07, 6.45) is 7.95. The van der Waals surface area contributed by atoms with E-state index in [-0.39, 0.29) is 0 Å². The summed E-state index contributed by atoms with van der Waals surface area (Å²) in [7, 11) is 0. The van der Waals surface area contributed by atoms with Gasteiger partial charge in [-0.25, -0.2) is 0 Å². The molecular weight excluding hydrogens is 214 g/mol. The summed E-state index contributed by atoms with van der Waals surface area (Å²) in [5.74, 6) is 0. The minimum atomic E-state index is -0.515. The second-order valence-corrected chi connectivity index (χ2v) is 5.52. The average Bonchev–Trinajstić information content (AvgIpc) is 2.77. The predicted octanol–water partition coefficient (Wildman–Crippen LogP) is 2.48. The molecule has 1 heterocycles. The van der Waals surface area contributed by atoms with Crippen LogP contribution >= 0.6 is 0 Å². The van der Waals surface area contributed by atoms with Gasteiger partial charge in [0.15, 0.2) is 0 Å². The number of ether oxygens (including phenoxy) is 1. The second kappa shape index (κ2) is 8.06. The number of aliphatic hydroxyl groups is 1. The van der Waals surface area contributed by atoms with Crippen LogP contribution in [-0.4, -0.2) is 36.5 Å². The molecule has 1 fully saturated rings. The molecule has 17 heavy (non-hydrogen) atoms. The van der Waals surface area contributed by atoms with Gasteiger partial charge in [-0.2, -0.15) is 0 Å². The van der Waals surface area contributed by atoms with Crippen molar-refractivity contribution in [3.05, 3.63) is 0 Å². The van der Waals surface area contributed by atoms with E-state index in [0.717, 1.165) is 51.8 Å².